The maximum Gasteiger partial charge on any atom is 0.274 e. The number of nitrogens with zero attached hydrogens (tertiary/aromatic N) is 2. The number of benzene rings is 2. The van der Waals surface area contributed by atoms with E-state index in [1.54, 1.807) is 6.07 Å². The van der Waals surface area contributed by atoms with Crippen LogP contribution in [-0.4, -0.2) is 23.8 Å². The molecule has 0 amide bonds. The molecule has 1 aliphatic rings. The number of nitrogens with two attached hydrogens (primary N) is 1. The van der Waals surface area contributed by atoms with Crippen LogP contribution in [0.1, 0.15) is 21.7 Å². The Morgan fingerprint density at radius 1 is 1.15 bits per heavy atom. The fourth-order valence-corrected chi connectivity index (χ4v) is 3.27. The van der Waals surface area contributed by atoms with Gasteiger partial charge in [-0.2, -0.15) is 13.1 Å². The molecular weight excluding hydrogens is 363 g/mol. The molecule has 26 heavy (non-hydrogen) atoms. The molecule has 0 unspecified atom stereocenters. The predicted octanol–water partition coefficient (Wildman–Crippen LogP) is 0.362. The van der Waals surface area contributed by atoms with Crippen molar-refractivity contribution in [2.75, 3.05) is 0 Å². The van der Waals surface area contributed by atoms with Crippen molar-refractivity contribution in [1.29, 1.82) is 0 Å². The van der Waals surface area contributed by atoms with Gasteiger partial charge in [-0.3, -0.25) is 14.2 Å². The zero-order chi connectivity index (χ0) is 18.6. The van der Waals surface area contributed by atoms with Gasteiger partial charge in [0.25, 0.3) is 15.8 Å². The Kier molecular flexibility index (Phi) is 3.51. The molecule has 0 bridgehead atoms. The highest BCUT2D eigenvalue weighted by Crippen LogP contribution is 2.27. The number of halogens is 1. The van der Waals surface area contributed by atoms with Crippen LogP contribution in [0, 0.1) is 5.82 Å². The summed E-state index contributed by atoms with van der Waals surface area (Å²) in [5.41, 5.74) is 0.635. The number of carbonyl (C=O) groups excluding carboxylic acids is 1. The van der Waals surface area contributed by atoms with Crippen molar-refractivity contribution >= 4 is 26.9 Å². The van der Waals surface area contributed by atoms with Crippen LogP contribution in [0.2, 0.25) is 0 Å². The molecule has 1 aliphatic heterocycles. The molecule has 3 N–H and O–H groups in total. The van der Waals surface area contributed by atoms with E-state index >= 15 is 0 Å². The number of carbonyl (C=O) groups is 1. The molecule has 1 aromatic heterocycles. The van der Waals surface area contributed by atoms with Crippen molar-refractivity contribution in [2.24, 2.45) is 5.14 Å². The average Bonchev–Trinajstić information content (AvgIpc) is 2.85. The summed E-state index contributed by atoms with van der Waals surface area (Å²) in [6.07, 6.45) is 0. The van der Waals surface area contributed by atoms with E-state index < -0.39 is 27.4 Å². The first-order valence-electron chi connectivity index (χ1n) is 7.42. The number of aromatic nitrogens is 2. The van der Waals surface area contributed by atoms with Crippen LogP contribution >= 0.6 is 0 Å². The van der Waals surface area contributed by atoms with Crippen molar-refractivity contribution in [2.45, 2.75) is 6.54 Å². The van der Waals surface area contributed by atoms with Crippen LogP contribution in [0.25, 0.3) is 16.6 Å². The highest BCUT2D eigenvalue weighted by atomic mass is 32.2. The molecule has 0 saturated heterocycles. The minimum atomic E-state index is -3.87. The van der Waals surface area contributed by atoms with Gasteiger partial charge in [0.1, 0.15) is 5.82 Å². The summed E-state index contributed by atoms with van der Waals surface area (Å²) in [6, 6.07) is 8.13. The third-order valence-corrected chi connectivity index (χ3v) is 4.61. The van der Waals surface area contributed by atoms with E-state index in [4.69, 9.17) is 5.14 Å². The van der Waals surface area contributed by atoms with Gasteiger partial charge >= 0.3 is 0 Å². The van der Waals surface area contributed by atoms with Crippen molar-refractivity contribution < 1.29 is 17.6 Å². The van der Waals surface area contributed by atoms with E-state index in [9.17, 15) is 22.4 Å². The molecule has 8 nitrogen and oxygen atoms in total. The van der Waals surface area contributed by atoms with Crippen molar-refractivity contribution in [3.05, 3.63) is 69.5 Å². The van der Waals surface area contributed by atoms with E-state index in [-0.39, 0.29) is 34.5 Å². The maximum atomic E-state index is 13.4. The van der Waals surface area contributed by atoms with Crippen LogP contribution in [0.15, 0.2) is 41.2 Å². The zero-order valence-corrected chi connectivity index (χ0v) is 13.9. The number of ketones is 1. The molecule has 0 atom stereocenters. The maximum absolute atomic E-state index is 13.4. The molecule has 2 heterocycles. The van der Waals surface area contributed by atoms with Gasteiger partial charge < -0.3 is 0 Å². The Morgan fingerprint density at radius 3 is 2.65 bits per heavy atom. The minimum Gasteiger partial charge on any atom is -0.285 e. The molecular formula is C16H11FN4O4S. The Hall–Kier alpha value is -2.95. The molecule has 3 aromatic rings. The largest absolute Gasteiger partial charge is 0.285 e. The molecule has 132 valence electrons. The first kappa shape index (κ1) is 16.5. The number of fused-ring (bicyclic) bond motifs is 4. The standard InChI is InChI=1S/C16H11FN4O4S/c17-9-2-4-13-11(6-9)14(22)15-20-12-5-8(7-19-26(18,24)25)1-3-10(12)16(23)21(13)15/h1-6,19H,7H2,(H2,18,24,25). The number of rotatable bonds is 3. The topological polar surface area (TPSA) is 124 Å². The van der Waals surface area contributed by atoms with Crippen molar-refractivity contribution in [3.8, 4) is 5.69 Å². The zero-order valence-electron chi connectivity index (χ0n) is 13.1. The van der Waals surface area contributed by atoms with Crippen molar-refractivity contribution in [1.82, 2.24) is 14.3 Å². The first-order chi connectivity index (χ1) is 12.2. The highest BCUT2D eigenvalue weighted by molar-refractivity contribution is 7.87. The summed E-state index contributed by atoms with van der Waals surface area (Å²) in [6.45, 7) is -0.0890. The lowest BCUT2D eigenvalue weighted by Crippen LogP contribution is -2.30. The lowest BCUT2D eigenvalue weighted by atomic mass is 10.1. The Morgan fingerprint density at radius 2 is 1.92 bits per heavy atom. The highest BCUT2D eigenvalue weighted by Gasteiger charge is 2.30. The smallest absolute Gasteiger partial charge is 0.274 e. The molecule has 0 aliphatic carbocycles. The van der Waals surface area contributed by atoms with Gasteiger partial charge in [-0.15, -0.1) is 0 Å². The summed E-state index contributed by atoms with van der Waals surface area (Å²) in [5.74, 6) is -1.25. The lowest BCUT2D eigenvalue weighted by Gasteiger charge is -2.07. The first-order valence-corrected chi connectivity index (χ1v) is 8.97. The fraction of sp³-hybridized carbons (Fsp3) is 0.0625. The lowest BCUT2D eigenvalue weighted by molar-refractivity contribution is 0.103. The van der Waals surface area contributed by atoms with Crippen LogP contribution in [0.3, 0.4) is 0 Å². The summed E-state index contributed by atoms with van der Waals surface area (Å²) in [7, 11) is -3.87. The number of hydrogen-bond donors (Lipinski definition) is 2. The second kappa shape index (κ2) is 5.53. The van der Waals surface area contributed by atoms with E-state index in [0.717, 1.165) is 10.6 Å². The number of nitrogens with one attached hydrogen (secondary N) is 1. The molecule has 0 spiro atoms. The SMILES string of the molecule is NS(=O)(=O)NCc1ccc2c(=O)n3c(nc2c1)C(=O)c1cc(F)ccc1-3. The quantitative estimate of drug-likeness (QED) is 0.536. The van der Waals surface area contributed by atoms with E-state index in [1.165, 1.54) is 24.3 Å². The Labute approximate surface area is 146 Å². The van der Waals surface area contributed by atoms with Gasteiger partial charge in [-0.05, 0) is 35.9 Å². The van der Waals surface area contributed by atoms with Gasteiger partial charge in [0.05, 0.1) is 22.2 Å². The molecule has 0 fully saturated rings. The summed E-state index contributed by atoms with van der Waals surface area (Å²) in [5, 5.41) is 5.14. The minimum absolute atomic E-state index is 0.0704. The van der Waals surface area contributed by atoms with Crippen LogP contribution in [0.5, 0.6) is 0 Å². The second-order valence-corrected chi connectivity index (χ2v) is 7.16. The van der Waals surface area contributed by atoms with E-state index in [1.807, 2.05) is 0 Å². The van der Waals surface area contributed by atoms with Crippen LogP contribution in [-0.2, 0) is 16.8 Å². The van der Waals surface area contributed by atoms with E-state index in [2.05, 4.69) is 9.71 Å². The third-order valence-electron chi connectivity index (χ3n) is 4.06. The van der Waals surface area contributed by atoms with Gasteiger partial charge in [-0.1, -0.05) is 6.07 Å². The number of hydrogen-bond acceptors (Lipinski definition) is 5. The molecule has 4 rings (SSSR count). The van der Waals surface area contributed by atoms with Gasteiger partial charge in [-0.25, -0.2) is 14.5 Å². The second-order valence-electron chi connectivity index (χ2n) is 5.78. The molecule has 0 radical (unpaired) electrons. The van der Waals surface area contributed by atoms with Crippen molar-refractivity contribution in [3.63, 3.8) is 0 Å². The van der Waals surface area contributed by atoms with Crippen LogP contribution in [0.4, 0.5) is 4.39 Å². The molecule has 0 saturated carbocycles. The van der Waals surface area contributed by atoms with E-state index in [0.29, 0.717) is 5.56 Å². The van der Waals surface area contributed by atoms with Gasteiger partial charge in [0.2, 0.25) is 5.78 Å². The van der Waals surface area contributed by atoms with Crippen LogP contribution < -0.4 is 15.4 Å². The fourth-order valence-electron chi connectivity index (χ4n) is 2.91. The van der Waals surface area contributed by atoms with Gasteiger partial charge in [0, 0.05) is 6.54 Å². The predicted molar refractivity (Wildman–Crippen MR) is 90.7 cm³/mol. The van der Waals surface area contributed by atoms with Gasteiger partial charge in [0.15, 0.2) is 5.82 Å². The Bertz CT molecular complexity index is 1270. The Balaban J connectivity index is 1.89. The third kappa shape index (κ3) is 2.60. The summed E-state index contributed by atoms with van der Waals surface area (Å²) < 4.78 is 38.7. The molecule has 2 aromatic carbocycles. The monoisotopic (exact) mass is 374 g/mol. The summed E-state index contributed by atoms with van der Waals surface area (Å²) >= 11 is 0. The molecule has 10 heteroatoms. The average molecular weight is 374 g/mol. The summed E-state index contributed by atoms with van der Waals surface area (Å²) in [4.78, 5) is 29.5. The normalized spacial score (nSPS) is 13.1.